The SMILES string of the molecule is C=C(C)[C@H]1C(=O)c2c3c(cc4c5c(n1c24)[C@@]1(C)C(CC[C@H]2[C@](C)(CCC4CC(=O)C=CO4)[C@@H](O)CC[C@@]21C)C5)C1=CC(C)(C)OC(C)(C)C1[C@@H]3O.C=C(C)[C@H]1C(=O)c2c3c(cc4c5c(n1c24)[C@@]1(C)C(CC[C@H]2[C@](C)(CCC4CC(=O)CC(C)O4)[C@@H](O)CC[C@@]21C)C5)C1=CC(C)(C)OC(C)(C)C1[C@@H]3O. The first-order chi connectivity index (χ1) is 48.1. The van der Waals surface area contributed by atoms with Gasteiger partial charge in [-0.3, -0.25) is 19.2 Å². The van der Waals surface area contributed by atoms with E-state index in [1.807, 2.05) is 20.8 Å². The number of fused-ring (bicyclic) bond motifs is 22. The number of carbonyl (C=O) groups is 4. The lowest BCUT2D eigenvalue weighted by Crippen LogP contribution is -2.62. The van der Waals surface area contributed by atoms with Crippen LogP contribution < -0.4 is 0 Å². The fourth-order valence-corrected chi connectivity index (χ4v) is 27.5. The lowest BCUT2D eigenvalue weighted by molar-refractivity contribution is -0.172. The molecule has 4 saturated carbocycles. The topological polar surface area (TPSA) is 196 Å². The summed E-state index contributed by atoms with van der Waals surface area (Å²) in [5.74, 6) is 1.31. The molecule has 21 atom stereocenters. The molecule has 0 amide bonds. The molecular weight excluding hydrogens is 1290 g/mol. The Labute approximate surface area is 609 Å². The van der Waals surface area contributed by atoms with Crippen molar-refractivity contribution in [2.24, 2.45) is 57.2 Å². The first-order valence-corrected chi connectivity index (χ1v) is 39.6. The van der Waals surface area contributed by atoms with Crippen molar-refractivity contribution in [3.8, 4) is 0 Å². The summed E-state index contributed by atoms with van der Waals surface area (Å²) in [6, 6.07) is 3.61. The van der Waals surface area contributed by atoms with E-state index in [1.165, 1.54) is 40.2 Å². The minimum Gasteiger partial charge on any atom is -0.497 e. The number of rotatable bonds is 8. The average molecular weight is 1400 g/mol. The Balaban J connectivity index is 0.000000153. The summed E-state index contributed by atoms with van der Waals surface area (Å²) in [6.45, 7) is 45.9. The van der Waals surface area contributed by atoms with Crippen LogP contribution in [0.4, 0.5) is 0 Å². The molecule has 6 aliphatic heterocycles. The van der Waals surface area contributed by atoms with Crippen molar-refractivity contribution in [1.82, 2.24) is 9.13 Å². The van der Waals surface area contributed by atoms with E-state index in [1.54, 1.807) is 0 Å². The average Bonchev–Trinajstić information content (AvgIpc) is 1.50. The van der Waals surface area contributed by atoms with E-state index in [4.69, 9.17) is 18.9 Å². The highest BCUT2D eigenvalue weighted by Crippen LogP contribution is 2.75. The summed E-state index contributed by atoms with van der Waals surface area (Å²) in [5.41, 5.74) is 12.4. The van der Waals surface area contributed by atoms with Gasteiger partial charge < -0.3 is 48.5 Å². The molecule has 0 bridgehead atoms. The van der Waals surface area contributed by atoms with Crippen molar-refractivity contribution in [2.45, 2.75) is 315 Å². The zero-order valence-electron chi connectivity index (χ0n) is 64.5. The van der Waals surface area contributed by atoms with Crippen LogP contribution in [0.1, 0.15) is 304 Å². The molecule has 1 saturated heterocycles. The smallest absolute Gasteiger partial charge is 0.192 e. The summed E-state index contributed by atoms with van der Waals surface area (Å²) in [6.07, 6.45) is 18.5. The number of carbonyl (C=O) groups excluding carboxylic acids is 4. The standard InChI is InChI=1S/C45H59NO6.C44H55NO6/c1-22(2)36-39(50)34-33-27(30-21-41(4,5)52-42(6,7)35(30)38(33)49)20-28-29-18-24-11-12-31-43(8,15-13-26-19-25(47)17-23(3)51-26)32(48)14-16-44(31,9)45(24,10)40(29)46(36)37(28)34;1-22(2)35-38(49)33-32-26(29-21-40(3,4)51-41(5,6)34(29)37(32)48)20-27-28-18-23-10-11-30-42(7,15-12-25-19-24(46)14-17-50-25)31(47)13-16-43(30,8)44(23,9)39(28)45(35)36(27)33/h20-21,23-24,26,31-32,35-36,38,48-49H,1,11-19H2,2-10H3;14,17,20-21,23,25,30-31,34-35,37,47-48H,1,10-13,15-16,18-19H2,2-9H3/t23?,24?,26?,31-,32-,35?,36-,38+,43-,44-,45+;23?,25?,30-,31-,34?,35-,37+,42-,43-,44+/m00/s1. The zero-order valence-corrected chi connectivity index (χ0v) is 64.5. The molecule has 18 rings (SSSR count). The maximum absolute atomic E-state index is 14.9. The maximum atomic E-state index is 14.9. The van der Waals surface area contributed by atoms with Gasteiger partial charge in [0.2, 0.25) is 0 Å². The molecule has 7 unspecified atom stereocenters. The first-order valence-electron chi connectivity index (χ1n) is 39.6. The fraction of sp³-hybridized carbons (Fsp3) is 0.663. The second-order valence-corrected chi connectivity index (χ2v) is 39.2. The third-order valence-corrected chi connectivity index (χ3v) is 31.8. The van der Waals surface area contributed by atoms with Gasteiger partial charge in [0.1, 0.15) is 24.0 Å². The van der Waals surface area contributed by atoms with Crippen LogP contribution in [0.25, 0.3) is 33.0 Å². The van der Waals surface area contributed by atoms with Crippen LogP contribution in [0.15, 0.2) is 60.9 Å². The van der Waals surface area contributed by atoms with Gasteiger partial charge in [-0.15, -0.1) is 0 Å². The molecule has 4 aromatic rings. The van der Waals surface area contributed by atoms with Gasteiger partial charge in [-0.1, -0.05) is 65.8 Å². The highest BCUT2D eigenvalue weighted by molar-refractivity contribution is 6.20. The number of hydrogen-bond donors (Lipinski definition) is 4. The molecule has 2 aromatic heterocycles. The normalized spacial score (nSPS) is 41.7. The van der Waals surface area contributed by atoms with Gasteiger partial charge in [0.05, 0.1) is 87.5 Å². The van der Waals surface area contributed by atoms with Crippen LogP contribution in [0.5, 0.6) is 0 Å². The Kier molecular flexibility index (Phi) is 15.2. The Hall–Kier alpha value is -5.58. The number of aromatic nitrogens is 2. The molecule has 14 nitrogen and oxygen atoms in total. The summed E-state index contributed by atoms with van der Waals surface area (Å²) in [5, 5.41) is 50.4. The Bertz CT molecular complexity index is 4580. The summed E-state index contributed by atoms with van der Waals surface area (Å²) >= 11 is 0. The molecule has 0 spiro atoms. The minimum absolute atomic E-state index is 0.0444. The van der Waals surface area contributed by atoms with E-state index < -0.39 is 58.9 Å². The van der Waals surface area contributed by atoms with Gasteiger partial charge in [-0.25, -0.2) is 0 Å². The van der Waals surface area contributed by atoms with Crippen LogP contribution in [-0.2, 0) is 52.2 Å². The van der Waals surface area contributed by atoms with Gasteiger partial charge in [-0.2, -0.15) is 0 Å². The Morgan fingerprint density at radius 3 is 1.39 bits per heavy atom. The molecular formula is C89H114N2O12. The molecule has 8 heterocycles. The summed E-state index contributed by atoms with van der Waals surface area (Å²) in [7, 11) is 0. The van der Waals surface area contributed by atoms with Crippen molar-refractivity contribution < 1.29 is 58.6 Å². The van der Waals surface area contributed by atoms with E-state index in [-0.39, 0.29) is 97.6 Å². The lowest BCUT2D eigenvalue weighted by Gasteiger charge is -2.65. The van der Waals surface area contributed by atoms with Crippen molar-refractivity contribution in [3.63, 3.8) is 0 Å². The number of ketones is 4. The predicted octanol–water partition coefficient (Wildman–Crippen LogP) is 16.8. The Morgan fingerprint density at radius 1 is 0.553 bits per heavy atom. The van der Waals surface area contributed by atoms with Gasteiger partial charge in [0, 0.05) is 81.3 Å². The zero-order chi connectivity index (χ0) is 73.6. The molecule has 2 aromatic carbocycles. The summed E-state index contributed by atoms with van der Waals surface area (Å²) < 4.78 is 30.0. The number of aliphatic hydroxyl groups is 4. The van der Waals surface area contributed by atoms with Crippen LogP contribution in [0.3, 0.4) is 0 Å². The first kappa shape index (κ1) is 70.4. The van der Waals surface area contributed by atoms with Crippen LogP contribution in [0, 0.1) is 57.2 Å². The van der Waals surface area contributed by atoms with Crippen LogP contribution in [-0.4, -0.2) is 106 Å². The third kappa shape index (κ3) is 9.16. The second-order valence-electron chi connectivity index (χ2n) is 39.2. The van der Waals surface area contributed by atoms with Gasteiger partial charge >= 0.3 is 0 Å². The maximum Gasteiger partial charge on any atom is 0.192 e. The van der Waals surface area contributed by atoms with Crippen molar-refractivity contribution in [2.75, 3.05) is 0 Å². The second kappa shape index (κ2) is 22.3. The van der Waals surface area contributed by atoms with E-state index in [0.29, 0.717) is 42.2 Å². The van der Waals surface area contributed by atoms with Crippen molar-refractivity contribution in [1.29, 1.82) is 0 Å². The predicted molar refractivity (Wildman–Crippen MR) is 400 cm³/mol. The molecule has 5 fully saturated rings. The van der Waals surface area contributed by atoms with Gasteiger partial charge in [0.15, 0.2) is 17.3 Å². The van der Waals surface area contributed by atoms with Crippen LogP contribution >= 0.6 is 0 Å². The highest BCUT2D eigenvalue weighted by Gasteiger charge is 2.71. The molecule has 14 heteroatoms. The number of ether oxygens (including phenoxy) is 4. The van der Waals surface area contributed by atoms with Crippen LogP contribution in [0.2, 0.25) is 0 Å². The minimum atomic E-state index is -0.845. The van der Waals surface area contributed by atoms with Gasteiger partial charge in [0.25, 0.3) is 0 Å². The number of allylic oxidation sites excluding steroid dienone is 3. The number of aliphatic hydroxyl groups excluding tert-OH is 4. The summed E-state index contributed by atoms with van der Waals surface area (Å²) in [4.78, 5) is 54.5. The fourth-order valence-electron chi connectivity index (χ4n) is 27.5. The van der Waals surface area contributed by atoms with E-state index in [2.05, 4.69) is 144 Å². The molecule has 103 heavy (non-hydrogen) atoms. The molecule has 14 aliphatic rings. The number of nitrogens with zero attached hydrogens (tertiary/aromatic N) is 2. The molecule has 4 N–H and O–H groups in total. The van der Waals surface area contributed by atoms with Crippen molar-refractivity contribution >= 4 is 56.1 Å². The largest absolute Gasteiger partial charge is 0.497 e. The number of hydrogen-bond acceptors (Lipinski definition) is 12. The molecule has 0 radical (unpaired) electrons. The Morgan fingerprint density at radius 2 is 0.981 bits per heavy atom. The van der Waals surface area contributed by atoms with E-state index >= 15 is 0 Å². The highest BCUT2D eigenvalue weighted by atomic mass is 16.5. The lowest BCUT2D eigenvalue weighted by atomic mass is 9.40. The van der Waals surface area contributed by atoms with Gasteiger partial charge in [-0.05, 0) is 269 Å². The van der Waals surface area contributed by atoms with Crippen molar-refractivity contribution in [3.05, 3.63) is 117 Å². The molecule has 552 valence electrons. The van der Waals surface area contributed by atoms with E-state index in [9.17, 15) is 39.6 Å². The molecule has 8 aliphatic carbocycles. The van der Waals surface area contributed by atoms with E-state index in [0.717, 1.165) is 151 Å². The quantitative estimate of drug-likeness (QED) is 0.122. The monoisotopic (exact) mass is 1400 g/mol. The third-order valence-electron chi connectivity index (χ3n) is 31.8. The number of benzene rings is 2. The number of Topliss-reactive ketones (excluding diaryl/α,β-unsaturated/α-hetero) is 3.